The van der Waals surface area contributed by atoms with Gasteiger partial charge in [-0.1, -0.05) is 41.0 Å². The van der Waals surface area contributed by atoms with Crippen molar-refractivity contribution in [2.24, 2.45) is 7.05 Å². The predicted molar refractivity (Wildman–Crippen MR) is 122 cm³/mol. The number of rotatable bonds is 7. The Kier molecular flexibility index (Phi) is 7.28. The van der Waals surface area contributed by atoms with Gasteiger partial charge >= 0.3 is 0 Å². The summed E-state index contributed by atoms with van der Waals surface area (Å²) in [5, 5.41) is 13.2. The number of anilines is 1. The van der Waals surface area contributed by atoms with E-state index in [4.69, 9.17) is 27.9 Å². The Morgan fingerprint density at radius 3 is 2.57 bits per heavy atom. The Morgan fingerprint density at radius 1 is 1.17 bits per heavy atom. The second-order valence-electron chi connectivity index (χ2n) is 6.87. The number of aromatic nitrogens is 3. The van der Waals surface area contributed by atoms with Gasteiger partial charge in [0.25, 0.3) is 0 Å². The molecule has 1 heterocycles. The second kappa shape index (κ2) is 9.73. The lowest BCUT2D eigenvalue weighted by atomic mass is 10.1. The lowest BCUT2D eigenvalue weighted by molar-refractivity contribution is -0.113. The van der Waals surface area contributed by atoms with Crippen molar-refractivity contribution < 1.29 is 9.53 Å². The van der Waals surface area contributed by atoms with E-state index in [1.807, 2.05) is 50.6 Å². The third-order valence-electron chi connectivity index (χ3n) is 4.58. The molecule has 1 N–H and O–H groups in total. The van der Waals surface area contributed by atoms with Gasteiger partial charge in [0, 0.05) is 22.8 Å². The molecule has 0 saturated carbocycles. The lowest BCUT2D eigenvalue weighted by Gasteiger charge is -2.10. The fourth-order valence-corrected chi connectivity index (χ4v) is 3.81. The molecule has 0 unspecified atom stereocenters. The van der Waals surface area contributed by atoms with Crippen LogP contribution in [0.5, 0.6) is 5.75 Å². The second-order valence-corrected chi connectivity index (χ2v) is 8.59. The molecule has 6 nitrogen and oxygen atoms in total. The predicted octanol–water partition coefficient (Wildman–Crippen LogP) is 5.36. The van der Waals surface area contributed by atoms with Crippen LogP contribution in [0.1, 0.15) is 22.5 Å². The van der Waals surface area contributed by atoms with Gasteiger partial charge in [0.1, 0.15) is 12.4 Å². The molecule has 0 saturated heterocycles. The van der Waals surface area contributed by atoms with E-state index in [1.165, 1.54) is 11.8 Å². The zero-order valence-electron chi connectivity index (χ0n) is 17.1. The van der Waals surface area contributed by atoms with E-state index in [-0.39, 0.29) is 18.3 Å². The summed E-state index contributed by atoms with van der Waals surface area (Å²) in [5.41, 5.74) is 3.46. The molecule has 0 atom stereocenters. The fourth-order valence-electron chi connectivity index (χ4n) is 2.79. The summed E-state index contributed by atoms with van der Waals surface area (Å²) in [7, 11) is 1.85. The molecule has 0 radical (unpaired) electrons. The Bertz CT molecular complexity index is 1060. The number of thioether (sulfide) groups is 1. The molecule has 0 bridgehead atoms. The van der Waals surface area contributed by atoms with E-state index in [1.54, 1.807) is 12.1 Å². The standard InChI is InChI=1S/C21H22Cl2N4O2S/c1-12-8-15(9-13(2)20(12)23)29-10-18-25-26-21(27(18)4)30-11-19(28)24-17-7-5-6-16(22)14(17)3/h5-9H,10-11H2,1-4H3,(H,24,28). The van der Waals surface area contributed by atoms with Gasteiger partial charge in [0.2, 0.25) is 5.91 Å². The number of halogens is 2. The number of aryl methyl sites for hydroxylation is 2. The summed E-state index contributed by atoms with van der Waals surface area (Å²) in [6.07, 6.45) is 0. The third kappa shape index (κ3) is 5.28. The quantitative estimate of drug-likeness (QED) is 0.476. The van der Waals surface area contributed by atoms with Crippen molar-refractivity contribution in [1.29, 1.82) is 0 Å². The van der Waals surface area contributed by atoms with Crippen LogP contribution in [0.4, 0.5) is 5.69 Å². The zero-order chi connectivity index (χ0) is 21.8. The largest absolute Gasteiger partial charge is 0.486 e. The van der Waals surface area contributed by atoms with Crippen molar-refractivity contribution in [2.75, 3.05) is 11.1 Å². The van der Waals surface area contributed by atoms with Crippen LogP contribution in [0, 0.1) is 20.8 Å². The molecule has 0 spiro atoms. The minimum absolute atomic E-state index is 0.140. The van der Waals surface area contributed by atoms with Crippen LogP contribution in [-0.2, 0) is 18.4 Å². The smallest absolute Gasteiger partial charge is 0.234 e. The summed E-state index contributed by atoms with van der Waals surface area (Å²) < 4.78 is 7.67. The first-order valence-corrected chi connectivity index (χ1v) is 11.0. The highest BCUT2D eigenvalue weighted by Gasteiger charge is 2.13. The van der Waals surface area contributed by atoms with Gasteiger partial charge < -0.3 is 14.6 Å². The topological polar surface area (TPSA) is 69.0 Å². The van der Waals surface area contributed by atoms with Crippen molar-refractivity contribution >= 4 is 46.6 Å². The van der Waals surface area contributed by atoms with E-state index >= 15 is 0 Å². The number of carbonyl (C=O) groups excluding carboxylic acids is 1. The molecule has 1 aromatic heterocycles. The summed E-state index contributed by atoms with van der Waals surface area (Å²) in [6, 6.07) is 9.20. The first kappa shape index (κ1) is 22.5. The number of ether oxygens (including phenoxy) is 1. The van der Waals surface area contributed by atoms with Crippen LogP contribution in [0.25, 0.3) is 0 Å². The molecule has 1 amide bonds. The monoisotopic (exact) mass is 464 g/mol. The molecule has 0 fully saturated rings. The average molecular weight is 465 g/mol. The summed E-state index contributed by atoms with van der Waals surface area (Å²) in [5.74, 6) is 1.45. The minimum atomic E-state index is -0.140. The van der Waals surface area contributed by atoms with E-state index in [0.717, 1.165) is 27.5 Å². The number of nitrogens with one attached hydrogen (secondary N) is 1. The van der Waals surface area contributed by atoms with Crippen molar-refractivity contribution in [3.8, 4) is 5.75 Å². The molecule has 0 aliphatic rings. The van der Waals surface area contributed by atoms with Crippen LogP contribution >= 0.6 is 35.0 Å². The number of hydrogen-bond acceptors (Lipinski definition) is 5. The Morgan fingerprint density at radius 2 is 1.87 bits per heavy atom. The van der Waals surface area contributed by atoms with E-state index < -0.39 is 0 Å². The van der Waals surface area contributed by atoms with Gasteiger partial charge in [-0.25, -0.2) is 0 Å². The average Bonchev–Trinajstić information content (AvgIpc) is 3.06. The molecular formula is C21H22Cl2N4O2S. The Balaban J connectivity index is 1.57. The number of amides is 1. The third-order valence-corrected chi connectivity index (χ3v) is 6.60. The van der Waals surface area contributed by atoms with Crippen molar-refractivity contribution in [3.63, 3.8) is 0 Å². The molecule has 30 heavy (non-hydrogen) atoms. The van der Waals surface area contributed by atoms with Crippen molar-refractivity contribution in [3.05, 3.63) is 62.9 Å². The van der Waals surface area contributed by atoms with E-state index in [0.29, 0.717) is 21.7 Å². The molecule has 0 aliphatic heterocycles. The van der Waals surface area contributed by atoms with Gasteiger partial charge in [-0.05, 0) is 61.7 Å². The van der Waals surface area contributed by atoms with Crippen molar-refractivity contribution in [2.45, 2.75) is 32.5 Å². The first-order chi connectivity index (χ1) is 14.3. The Hall–Kier alpha value is -2.22. The molecule has 9 heteroatoms. The number of nitrogens with zero attached hydrogens (tertiary/aromatic N) is 3. The van der Waals surface area contributed by atoms with Gasteiger partial charge in [0.05, 0.1) is 5.75 Å². The van der Waals surface area contributed by atoms with E-state index in [2.05, 4.69) is 15.5 Å². The van der Waals surface area contributed by atoms with Gasteiger partial charge in [-0.2, -0.15) is 0 Å². The van der Waals surface area contributed by atoms with Gasteiger partial charge in [-0.15, -0.1) is 10.2 Å². The highest BCUT2D eigenvalue weighted by atomic mass is 35.5. The highest BCUT2D eigenvalue weighted by molar-refractivity contribution is 7.99. The normalized spacial score (nSPS) is 10.9. The SMILES string of the molecule is Cc1cc(OCc2nnc(SCC(=O)Nc3cccc(Cl)c3C)n2C)cc(C)c1Cl. The first-order valence-electron chi connectivity index (χ1n) is 9.22. The van der Waals surface area contributed by atoms with Crippen LogP contribution in [-0.4, -0.2) is 26.4 Å². The molecule has 3 rings (SSSR count). The maximum Gasteiger partial charge on any atom is 0.234 e. The molecule has 0 aliphatic carbocycles. The Labute approximate surface area is 189 Å². The van der Waals surface area contributed by atoms with Gasteiger partial charge in [0.15, 0.2) is 11.0 Å². The summed E-state index contributed by atoms with van der Waals surface area (Å²) in [6.45, 7) is 6.01. The lowest BCUT2D eigenvalue weighted by Crippen LogP contribution is -2.15. The maximum absolute atomic E-state index is 12.3. The summed E-state index contributed by atoms with van der Waals surface area (Å²) in [4.78, 5) is 12.3. The van der Waals surface area contributed by atoms with Crippen molar-refractivity contribution in [1.82, 2.24) is 14.8 Å². The van der Waals surface area contributed by atoms with Crippen LogP contribution < -0.4 is 10.1 Å². The summed E-state index contributed by atoms with van der Waals surface area (Å²) >= 11 is 13.6. The van der Waals surface area contributed by atoms with Crippen LogP contribution in [0.3, 0.4) is 0 Å². The number of hydrogen-bond donors (Lipinski definition) is 1. The number of benzene rings is 2. The number of carbonyl (C=O) groups is 1. The molecule has 2 aromatic carbocycles. The van der Waals surface area contributed by atoms with Crippen LogP contribution in [0.15, 0.2) is 35.5 Å². The fraction of sp³-hybridized carbons (Fsp3) is 0.286. The highest BCUT2D eigenvalue weighted by Crippen LogP contribution is 2.27. The zero-order valence-corrected chi connectivity index (χ0v) is 19.5. The molecule has 3 aromatic rings. The van der Waals surface area contributed by atoms with Gasteiger partial charge in [-0.3, -0.25) is 4.79 Å². The van der Waals surface area contributed by atoms with Crippen LogP contribution in [0.2, 0.25) is 10.0 Å². The maximum atomic E-state index is 12.3. The van der Waals surface area contributed by atoms with E-state index in [9.17, 15) is 4.79 Å². The molecular weight excluding hydrogens is 443 g/mol. The minimum Gasteiger partial charge on any atom is -0.486 e. The molecule has 158 valence electrons.